The van der Waals surface area contributed by atoms with Gasteiger partial charge in [0.25, 0.3) is 5.91 Å². The van der Waals surface area contributed by atoms with Crippen LogP contribution in [0.2, 0.25) is 0 Å². The van der Waals surface area contributed by atoms with Gasteiger partial charge in [0.1, 0.15) is 0 Å². The maximum atomic E-state index is 11.7. The van der Waals surface area contributed by atoms with Crippen molar-refractivity contribution in [2.24, 2.45) is 11.7 Å². The second kappa shape index (κ2) is 6.02. The van der Waals surface area contributed by atoms with Gasteiger partial charge in [-0.25, -0.2) is 0 Å². The van der Waals surface area contributed by atoms with Crippen LogP contribution in [-0.4, -0.2) is 18.5 Å². The summed E-state index contributed by atoms with van der Waals surface area (Å²) >= 11 is 0. The Hall–Kier alpha value is -1.86. The molecule has 4 heteroatoms. The zero-order chi connectivity index (χ0) is 12.8. The zero-order valence-corrected chi connectivity index (χ0v) is 10.1. The highest BCUT2D eigenvalue weighted by atomic mass is 16.1. The molecule has 0 aliphatic rings. The first-order valence-corrected chi connectivity index (χ1v) is 5.58. The van der Waals surface area contributed by atoms with Crippen molar-refractivity contribution < 1.29 is 4.79 Å². The lowest BCUT2D eigenvalue weighted by Crippen LogP contribution is -2.40. The Morgan fingerprint density at radius 1 is 1.41 bits per heavy atom. The molecule has 0 fully saturated rings. The van der Waals surface area contributed by atoms with Crippen LogP contribution in [0.15, 0.2) is 24.3 Å². The molecule has 90 valence electrons. The van der Waals surface area contributed by atoms with E-state index in [4.69, 9.17) is 11.0 Å². The highest BCUT2D eigenvalue weighted by Crippen LogP contribution is 2.03. The molecule has 1 aromatic carbocycles. The van der Waals surface area contributed by atoms with Gasteiger partial charge >= 0.3 is 0 Å². The van der Waals surface area contributed by atoms with Gasteiger partial charge in [-0.1, -0.05) is 13.8 Å². The number of benzene rings is 1. The Morgan fingerprint density at radius 2 is 2.00 bits per heavy atom. The van der Waals surface area contributed by atoms with Crippen molar-refractivity contribution in [1.82, 2.24) is 5.32 Å². The molecule has 1 atom stereocenters. The van der Waals surface area contributed by atoms with E-state index in [1.54, 1.807) is 24.3 Å². The zero-order valence-electron chi connectivity index (χ0n) is 10.1. The van der Waals surface area contributed by atoms with Crippen LogP contribution in [0.1, 0.15) is 29.8 Å². The smallest absolute Gasteiger partial charge is 0.251 e. The predicted octanol–water partition coefficient (Wildman–Crippen LogP) is 1.27. The molecule has 0 heterocycles. The largest absolute Gasteiger partial charge is 0.350 e. The third kappa shape index (κ3) is 3.89. The Morgan fingerprint density at radius 3 is 2.47 bits per heavy atom. The summed E-state index contributed by atoms with van der Waals surface area (Å²) in [7, 11) is 0. The Kier molecular flexibility index (Phi) is 4.68. The minimum Gasteiger partial charge on any atom is -0.350 e. The highest BCUT2D eigenvalue weighted by molar-refractivity contribution is 5.94. The van der Waals surface area contributed by atoms with E-state index < -0.39 is 0 Å². The number of rotatable bonds is 4. The first kappa shape index (κ1) is 13.2. The lowest BCUT2D eigenvalue weighted by Gasteiger charge is -2.16. The van der Waals surface area contributed by atoms with Gasteiger partial charge in [0, 0.05) is 18.2 Å². The minimum absolute atomic E-state index is 0.0441. The molecule has 1 amide bonds. The third-order valence-corrected chi connectivity index (χ3v) is 2.63. The quantitative estimate of drug-likeness (QED) is 0.819. The number of nitrogens with one attached hydrogen (secondary N) is 1. The maximum absolute atomic E-state index is 11.7. The van der Waals surface area contributed by atoms with E-state index in [0.717, 1.165) is 0 Å². The normalized spacial score (nSPS) is 11.9. The van der Waals surface area contributed by atoms with E-state index in [0.29, 0.717) is 23.6 Å². The van der Waals surface area contributed by atoms with Crippen LogP contribution >= 0.6 is 0 Å². The second-order valence-electron chi connectivity index (χ2n) is 4.31. The number of nitrogens with zero attached hydrogens (tertiary/aromatic N) is 1. The molecular formula is C13H17N3O. The van der Waals surface area contributed by atoms with Crippen molar-refractivity contribution in [2.45, 2.75) is 19.9 Å². The number of carbonyl (C=O) groups excluding carboxylic acids is 1. The minimum atomic E-state index is -0.161. The third-order valence-electron chi connectivity index (χ3n) is 2.63. The first-order valence-electron chi connectivity index (χ1n) is 5.58. The fourth-order valence-electron chi connectivity index (χ4n) is 1.24. The fraction of sp³-hybridized carbons (Fsp3) is 0.385. The summed E-state index contributed by atoms with van der Waals surface area (Å²) in [5.41, 5.74) is 6.91. The SMILES string of the molecule is CC(C)[C@H](N)CNC(=O)c1ccc(C#N)cc1. The molecule has 0 aliphatic carbocycles. The summed E-state index contributed by atoms with van der Waals surface area (Å²) in [5, 5.41) is 11.4. The standard InChI is InChI=1S/C13H17N3O/c1-9(2)12(15)8-16-13(17)11-5-3-10(7-14)4-6-11/h3-6,9,12H,8,15H2,1-2H3,(H,16,17)/t12-/m1/s1. The lowest BCUT2D eigenvalue weighted by molar-refractivity contribution is 0.0949. The Labute approximate surface area is 101 Å². The predicted molar refractivity (Wildman–Crippen MR) is 66.3 cm³/mol. The van der Waals surface area contributed by atoms with Gasteiger partial charge in [-0.05, 0) is 30.2 Å². The van der Waals surface area contributed by atoms with Crippen LogP contribution in [0.3, 0.4) is 0 Å². The van der Waals surface area contributed by atoms with E-state index in [-0.39, 0.29) is 11.9 Å². The van der Waals surface area contributed by atoms with E-state index in [9.17, 15) is 4.79 Å². The monoisotopic (exact) mass is 231 g/mol. The molecule has 0 unspecified atom stereocenters. The number of nitrogens with two attached hydrogens (primary N) is 1. The van der Waals surface area contributed by atoms with Crippen molar-refractivity contribution >= 4 is 5.91 Å². The van der Waals surface area contributed by atoms with Crippen molar-refractivity contribution in [3.05, 3.63) is 35.4 Å². The van der Waals surface area contributed by atoms with Gasteiger partial charge in [0.15, 0.2) is 0 Å². The molecule has 0 saturated carbocycles. The molecule has 1 aromatic rings. The molecule has 0 saturated heterocycles. The molecule has 0 aliphatic heterocycles. The van der Waals surface area contributed by atoms with Gasteiger partial charge in [-0.15, -0.1) is 0 Å². The summed E-state index contributed by atoms with van der Waals surface area (Å²) in [5.74, 6) is 0.168. The molecule has 0 spiro atoms. The van der Waals surface area contributed by atoms with Crippen LogP contribution in [-0.2, 0) is 0 Å². The molecule has 0 aromatic heterocycles. The van der Waals surface area contributed by atoms with E-state index >= 15 is 0 Å². The van der Waals surface area contributed by atoms with E-state index in [1.807, 2.05) is 19.9 Å². The van der Waals surface area contributed by atoms with Crippen molar-refractivity contribution in [2.75, 3.05) is 6.54 Å². The van der Waals surface area contributed by atoms with Gasteiger partial charge in [-0.2, -0.15) is 5.26 Å². The summed E-state index contributed by atoms with van der Waals surface area (Å²) in [6.07, 6.45) is 0. The van der Waals surface area contributed by atoms with Crippen LogP contribution in [0.25, 0.3) is 0 Å². The molecule has 1 rings (SSSR count). The van der Waals surface area contributed by atoms with Crippen molar-refractivity contribution in [3.63, 3.8) is 0 Å². The highest BCUT2D eigenvalue weighted by Gasteiger charge is 2.10. The molecule has 17 heavy (non-hydrogen) atoms. The summed E-state index contributed by atoms with van der Waals surface area (Å²) in [6.45, 7) is 4.48. The Bertz CT molecular complexity index is 417. The van der Waals surface area contributed by atoms with Gasteiger partial charge in [0.2, 0.25) is 0 Å². The van der Waals surface area contributed by atoms with Gasteiger partial charge in [-0.3, -0.25) is 4.79 Å². The average Bonchev–Trinajstić information content (AvgIpc) is 2.35. The number of amides is 1. The number of carbonyl (C=O) groups is 1. The molecule has 0 radical (unpaired) electrons. The topological polar surface area (TPSA) is 78.9 Å². The number of hydrogen-bond acceptors (Lipinski definition) is 3. The summed E-state index contributed by atoms with van der Waals surface area (Å²) in [4.78, 5) is 11.7. The van der Waals surface area contributed by atoms with Crippen molar-refractivity contribution in [1.29, 1.82) is 5.26 Å². The van der Waals surface area contributed by atoms with Crippen LogP contribution < -0.4 is 11.1 Å². The van der Waals surface area contributed by atoms with Gasteiger partial charge in [0.05, 0.1) is 11.6 Å². The summed E-state index contributed by atoms with van der Waals surface area (Å²) in [6, 6.07) is 8.47. The molecular weight excluding hydrogens is 214 g/mol. The first-order chi connectivity index (χ1) is 8.04. The maximum Gasteiger partial charge on any atom is 0.251 e. The average molecular weight is 231 g/mol. The lowest BCUT2D eigenvalue weighted by atomic mass is 10.1. The summed E-state index contributed by atoms with van der Waals surface area (Å²) < 4.78 is 0. The van der Waals surface area contributed by atoms with Crippen LogP contribution in [0.4, 0.5) is 0 Å². The van der Waals surface area contributed by atoms with Crippen LogP contribution in [0.5, 0.6) is 0 Å². The van der Waals surface area contributed by atoms with E-state index in [1.165, 1.54) is 0 Å². The van der Waals surface area contributed by atoms with E-state index in [2.05, 4.69) is 5.32 Å². The van der Waals surface area contributed by atoms with Gasteiger partial charge < -0.3 is 11.1 Å². The van der Waals surface area contributed by atoms with Crippen molar-refractivity contribution in [3.8, 4) is 6.07 Å². The number of hydrogen-bond donors (Lipinski definition) is 2. The molecule has 0 bridgehead atoms. The fourth-order valence-corrected chi connectivity index (χ4v) is 1.24. The molecule has 3 N–H and O–H groups in total. The number of nitriles is 1. The molecule has 4 nitrogen and oxygen atoms in total. The van der Waals surface area contributed by atoms with Crippen LogP contribution in [0, 0.1) is 17.2 Å². The second-order valence-corrected chi connectivity index (χ2v) is 4.31. The Balaban J connectivity index is 2.56.